The molecule has 9 nitrogen and oxygen atoms in total. The highest BCUT2D eigenvalue weighted by atomic mass is 35.5. The molecule has 12 heteroatoms. The molecule has 1 aliphatic heterocycles. The van der Waals surface area contributed by atoms with Gasteiger partial charge in [-0.15, -0.1) is 0 Å². The van der Waals surface area contributed by atoms with E-state index in [0.29, 0.717) is 16.7 Å². The molecule has 2 aromatic carbocycles. The van der Waals surface area contributed by atoms with Crippen LogP contribution in [0.5, 0.6) is 0 Å². The monoisotopic (exact) mass is 520 g/mol. The molecule has 4 rings (SSSR count). The van der Waals surface area contributed by atoms with Gasteiger partial charge in [0, 0.05) is 31.3 Å². The van der Waals surface area contributed by atoms with Crippen molar-refractivity contribution in [1.29, 1.82) is 0 Å². The van der Waals surface area contributed by atoms with Gasteiger partial charge in [-0.05, 0) is 41.3 Å². The molecule has 0 bridgehead atoms. The van der Waals surface area contributed by atoms with Crippen LogP contribution < -0.4 is 4.72 Å². The van der Waals surface area contributed by atoms with Crippen molar-refractivity contribution in [1.82, 2.24) is 18.8 Å². The van der Waals surface area contributed by atoms with Gasteiger partial charge in [-0.2, -0.15) is 22.5 Å². The number of carboxylic acid groups (broad SMARTS) is 1. The Morgan fingerprint density at radius 1 is 1.23 bits per heavy atom. The minimum absolute atomic E-state index is 0.0972. The summed E-state index contributed by atoms with van der Waals surface area (Å²) in [5.41, 5.74) is 2.53. The smallest absolute Gasteiger partial charge is 0.325 e. The van der Waals surface area contributed by atoms with Gasteiger partial charge in [0.05, 0.1) is 17.3 Å². The number of aromatic nitrogens is 2. The van der Waals surface area contributed by atoms with E-state index in [-0.39, 0.29) is 30.2 Å². The van der Waals surface area contributed by atoms with Crippen LogP contribution in [0.25, 0.3) is 11.1 Å². The van der Waals surface area contributed by atoms with E-state index in [2.05, 4.69) is 9.82 Å². The van der Waals surface area contributed by atoms with E-state index in [0.717, 1.165) is 9.87 Å². The summed E-state index contributed by atoms with van der Waals surface area (Å²) in [7, 11) is -2.61. The lowest BCUT2D eigenvalue weighted by molar-refractivity contribution is -0.137. The molecule has 1 saturated heterocycles. The molecule has 2 unspecified atom stereocenters. The lowest BCUT2D eigenvalue weighted by Gasteiger charge is -2.36. The molecule has 2 N–H and O–H groups in total. The molecule has 0 saturated carbocycles. The molecule has 1 aromatic heterocycles. The number of likely N-dealkylation sites (N-methyl/N-ethyl adjacent to an activating group) is 1. The number of nitrogens with zero attached hydrogens (tertiary/aromatic N) is 3. The topological polar surface area (TPSA) is 122 Å². The fourth-order valence-electron chi connectivity index (χ4n) is 4.03. The maximum absolute atomic E-state index is 13.5. The largest absolute Gasteiger partial charge is 0.480 e. The molecule has 0 radical (unpaired) electrons. The van der Waals surface area contributed by atoms with E-state index in [9.17, 15) is 22.4 Å². The summed E-state index contributed by atoms with van der Waals surface area (Å²) in [4.78, 5) is 24.0. The molecule has 1 fully saturated rings. The van der Waals surface area contributed by atoms with Gasteiger partial charge in [0.1, 0.15) is 12.4 Å². The van der Waals surface area contributed by atoms with Crippen molar-refractivity contribution in [3.05, 3.63) is 76.8 Å². The number of ketones is 1. The number of carbonyl (C=O) groups excluding carboxylic acids is 1. The van der Waals surface area contributed by atoms with Crippen molar-refractivity contribution in [2.75, 3.05) is 7.05 Å². The van der Waals surface area contributed by atoms with E-state index in [4.69, 9.17) is 16.7 Å². The number of hydrogen-bond donors (Lipinski definition) is 2. The lowest BCUT2D eigenvalue weighted by atomic mass is 9.93. The zero-order valence-corrected chi connectivity index (χ0v) is 20.1. The molecule has 3 aromatic rings. The predicted molar refractivity (Wildman–Crippen MR) is 126 cm³/mol. The van der Waals surface area contributed by atoms with Crippen molar-refractivity contribution in [3.8, 4) is 11.1 Å². The van der Waals surface area contributed by atoms with Gasteiger partial charge in [-0.3, -0.25) is 14.3 Å². The van der Waals surface area contributed by atoms with E-state index in [1.807, 2.05) is 0 Å². The highest BCUT2D eigenvalue weighted by molar-refractivity contribution is 7.87. The second-order valence-corrected chi connectivity index (χ2v) is 10.4. The summed E-state index contributed by atoms with van der Waals surface area (Å²) < 4.78 is 44.0. The molecule has 2 atom stereocenters. The number of halogens is 2. The Morgan fingerprint density at radius 2 is 2.00 bits per heavy atom. The number of nitrogens with one attached hydrogen (secondary N) is 1. The third kappa shape index (κ3) is 5.59. The molecule has 184 valence electrons. The van der Waals surface area contributed by atoms with Gasteiger partial charge in [0.2, 0.25) is 0 Å². The first kappa shape index (κ1) is 25.0. The quantitative estimate of drug-likeness (QED) is 0.494. The van der Waals surface area contributed by atoms with Crippen LogP contribution in [0.2, 0.25) is 5.02 Å². The van der Waals surface area contributed by atoms with Crippen molar-refractivity contribution in [2.24, 2.45) is 0 Å². The maximum atomic E-state index is 13.5. The van der Waals surface area contributed by atoms with Crippen molar-refractivity contribution in [2.45, 2.75) is 31.5 Å². The summed E-state index contributed by atoms with van der Waals surface area (Å²) in [5.74, 6) is -1.96. The van der Waals surface area contributed by atoms with Gasteiger partial charge in [-0.25, -0.2) is 4.39 Å². The SMILES string of the molecule is CN1C(C(=O)Cc2ccc(F)c(Cl)c2)CC(c2cccc(-c3cnn(CC(=O)O)c3)c2)NS1(=O)=O. The fourth-order valence-corrected chi connectivity index (χ4v) is 5.53. The molecule has 0 amide bonds. The summed E-state index contributed by atoms with van der Waals surface area (Å²) in [6, 6.07) is 9.45. The highest BCUT2D eigenvalue weighted by Crippen LogP contribution is 2.31. The second-order valence-electron chi connectivity index (χ2n) is 8.28. The zero-order chi connectivity index (χ0) is 25.3. The minimum atomic E-state index is -3.95. The highest BCUT2D eigenvalue weighted by Gasteiger charge is 2.40. The van der Waals surface area contributed by atoms with Crippen LogP contribution in [0.15, 0.2) is 54.9 Å². The van der Waals surface area contributed by atoms with Crippen LogP contribution in [0.1, 0.15) is 23.6 Å². The van der Waals surface area contributed by atoms with Crippen LogP contribution in [0.3, 0.4) is 0 Å². The summed E-state index contributed by atoms with van der Waals surface area (Å²) in [6.07, 6.45) is 3.21. The molecule has 35 heavy (non-hydrogen) atoms. The maximum Gasteiger partial charge on any atom is 0.325 e. The van der Waals surface area contributed by atoms with E-state index in [1.54, 1.807) is 30.5 Å². The zero-order valence-electron chi connectivity index (χ0n) is 18.6. The first-order chi connectivity index (χ1) is 16.5. The van der Waals surface area contributed by atoms with Crippen molar-refractivity contribution >= 4 is 33.6 Å². The van der Waals surface area contributed by atoms with Gasteiger partial charge in [-0.1, -0.05) is 35.9 Å². The molecule has 1 aliphatic rings. The first-order valence-corrected chi connectivity index (χ1v) is 12.4. The van der Waals surface area contributed by atoms with Crippen molar-refractivity contribution in [3.63, 3.8) is 0 Å². The average molecular weight is 521 g/mol. The Balaban J connectivity index is 1.58. The summed E-state index contributed by atoms with van der Waals surface area (Å²) >= 11 is 5.81. The Labute approximate surface area is 206 Å². The number of carbonyl (C=O) groups is 2. The number of carboxylic acids is 1. The predicted octanol–water partition coefficient (Wildman–Crippen LogP) is 2.82. The lowest BCUT2D eigenvalue weighted by Crippen LogP contribution is -2.55. The normalized spacial score (nSPS) is 20.0. The first-order valence-electron chi connectivity index (χ1n) is 10.6. The number of Topliss-reactive ketones (excluding diaryl/α,β-unsaturated/α-hetero) is 1. The number of hydrogen-bond acceptors (Lipinski definition) is 5. The van der Waals surface area contributed by atoms with Crippen LogP contribution >= 0.6 is 11.6 Å². The molecule has 2 heterocycles. The fraction of sp³-hybridized carbons (Fsp3) is 0.261. The second kappa shape index (κ2) is 9.86. The Bertz CT molecular complexity index is 1390. The Morgan fingerprint density at radius 3 is 2.71 bits per heavy atom. The van der Waals surface area contributed by atoms with Gasteiger partial charge in [0.15, 0.2) is 5.78 Å². The van der Waals surface area contributed by atoms with Crippen LogP contribution in [0.4, 0.5) is 4.39 Å². The number of rotatable bonds is 7. The van der Waals surface area contributed by atoms with Gasteiger partial charge in [0.25, 0.3) is 10.2 Å². The minimum Gasteiger partial charge on any atom is -0.480 e. The summed E-state index contributed by atoms with van der Waals surface area (Å²) in [5, 5.41) is 12.9. The third-order valence-corrected chi connectivity index (χ3v) is 7.74. The molecule has 0 spiro atoms. The molecule has 0 aliphatic carbocycles. The van der Waals surface area contributed by atoms with E-state index in [1.165, 1.54) is 36.1 Å². The number of benzene rings is 2. The van der Waals surface area contributed by atoms with Crippen LogP contribution in [-0.4, -0.2) is 52.5 Å². The average Bonchev–Trinajstić information content (AvgIpc) is 3.26. The third-order valence-electron chi connectivity index (χ3n) is 5.86. The standard InChI is InChI=1S/C23H22ClFN4O5S/c1-28-21(22(30)8-14-5-6-19(25)18(24)7-14)10-20(27-35(28,33)34)16-4-2-3-15(9-16)17-11-26-29(12-17)13-23(31)32/h2-7,9,11-12,20-21,27H,8,10,13H2,1H3,(H,31,32). The summed E-state index contributed by atoms with van der Waals surface area (Å²) in [6.45, 7) is -0.280. The van der Waals surface area contributed by atoms with Gasteiger partial charge < -0.3 is 5.11 Å². The Kier molecular flexibility index (Phi) is 7.04. The van der Waals surface area contributed by atoms with E-state index < -0.39 is 34.1 Å². The van der Waals surface area contributed by atoms with Gasteiger partial charge >= 0.3 is 5.97 Å². The molecular formula is C23H22ClFN4O5S. The van der Waals surface area contributed by atoms with Crippen LogP contribution in [-0.2, 0) is 32.8 Å². The molecular weight excluding hydrogens is 499 g/mol. The number of aliphatic carboxylic acids is 1. The van der Waals surface area contributed by atoms with Crippen molar-refractivity contribution < 1.29 is 27.5 Å². The van der Waals surface area contributed by atoms with Crippen LogP contribution in [0, 0.1) is 5.82 Å². The Hall–Kier alpha value is -3.12. The van der Waals surface area contributed by atoms with E-state index >= 15 is 0 Å².